The summed E-state index contributed by atoms with van der Waals surface area (Å²) in [5, 5.41) is 18.2. The van der Waals surface area contributed by atoms with Crippen molar-refractivity contribution in [3.63, 3.8) is 0 Å². The molecule has 14 nitrogen and oxygen atoms in total. The SMILES string of the molecule is C[C@@]1(c2cccc(-n3cnnn3)c2)NC(=O)N(CC(=O)NC(=O)Nc2ccc3c(c2)OCCO3)C1=O. The fourth-order valence-electron chi connectivity index (χ4n) is 3.87. The van der Waals surface area contributed by atoms with E-state index in [1.165, 1.54) is 17.9 Å². The first-order valence-electron chi connectivity index (χ1n) is 10.8. The summed E-state index contributed by atoms with van der Waals surface area (Å²) in [6.07, 6.45) is 1.39. The number of amides is 6. The molecule has 36 heavy (non-hydrogen) atoms. The summed E-state index contributed by atoms with van der Waals surface area (Å²) in [5.41, 5.74) is -0.0232. The standard InChI is InChI=1S/C22H20N8O6/c1-22(13-3-2-4-15(9-13)30-12-23-27-28-30)19(32)29(21(34)26-22)11-18(31)25-20(33)24-14-5-6-16-17(10-14)36-8-7-35-16/h2-6,9-10,12H,7-8,11H2,1H3,(H,26,34)(H2,24,25,31,33)/t22-/m0/s1. The van der Waals surface area contributed by atoms with Gasteiger partial charge in [0.25, 0.3) is 5.91 Å². The van der Waals surface area contributed by atoms with Crippen LogP contribution in [0.3, 0.4) is 0 Å². The van der Waals surface area contributed by atoms with E-state index in [9.17, 15) is 19.2 Å². The van der Waals surface area contributed by atoms with Crippen LogP contribution in [0.5, 0.6) is 11.5 Å². The molecule has 0 radical (unpaired) electrons. The number of aromatic nitrogens is 4. The van der Waals surface area contributed by atoms with Gasteiger partial charge in [0, 0.05) is 11.8 Å². The van der Waals surface area contributed by atoms with Crippen molar-refractivity contribution in [2.24, 2.45) is 0 Å². The molecule has 0 aliphatic carbocycles. The summed E-state index contributed by atoms with van der Waals surface area (Å²) < 4.78 is 12.3. The summed E-state index contributed by atoms with van der Waals surface area (Å²) in [7, 11) is 0. The summed E-state index contributed by atoms with van der Waals surface area (Å²) in [6.45, 7) is 1.69. The van der Waals surface area contributed by atoms with E-state index in [2.05, 4.69) is 31.5 Å². The molecule has 1 aromatic heterocycles. The third-order valence-corrected chi connectivity index (χ3v) is 5.67. The predicted octanol–water partition coefficient (Wildman–Crippen LogP) is 0.549. The number of nitrogens with one attached hydrogen (secondary N) is 3. The van der Waals surface area contributed by atoms with E-state index in [4.69, 9.17) is 9.47 Å². The Hall–Kier alpha value is -5.01. The maximum Gasteiger partial charge on any atom is 0.325 e. The van der Waals surface area contributed by atoms with Gasteiger partial charge in [-0.25, -0.2) is 14.3 Å². The minimum Gasteiger partial charge on any atom is -0.486 e. The van der Waals surface area contributed by atoms with Crippen LogP contribution in [0.2, 0.25) is 0 Å². The lowest BCUT2D eigenvalue weighted by Gasteiger charge is -2.22. The van der Waals surface area contributed by atoms with Gasteiger partial charge in [0.05, 0.1) is 5.69 Å². The third-order valence-electron chi connectivity index (χ3n) is 5.67. The van der Waals surface area contributed by atoms with Gasteiger partial charge in [0.1, 0.15) is 31.6 Å². The van der Waals surface area contributed by atoms with E-state index in [0.717, 1.165) is 4.90 Å². The highest BCUT2D eigenvalue weighted by molar-refractivity contribution is 6.10. The number of imide groups is 2. The number of hydrogen-bond acceptors (Lipinski definition) is 9. The van der Waals surface area contributed by atoms with Crippen molar-refractivity contribution < 1.29 is 28.7 Å². The van der Waals surface area contributed by atoms with Gasteiger partial charge in [-0.15, -0.1) is 5.10 Å². The van der Waals surface area contributed by atoms with Gasteiger partial charge in [-0.2, -0.15) is 0 Å². The lowest BCUT2D eigenvalue weighted by molar-refractivity contribution is -0.134. The zero-order chi connectivity index (χ0) is 25.3. The molecule has 6 amide bonds. The van der Waals surface area contributed by atoms with Gasteiger partial charge in [-0.05, 0) is 47.2 Å². The molecular formula is C22H20N8O6. The minimum atomic E-state index is -1.44. The normalized spacial score (nSPS) is 18.5. The van der Waals surface area contributed by atoms with Crippen molar-refractivity contribution in [3.8, 4) is 17.2 Å². The lowest BCUT2D eigenvalue weighted by Crippen LogP contribution is -2.45. The molecule has 0 unspecified atom stereocenters. The number of hydrogen-bond donors (Lipinski definition) is 3. The quantitative estimate of drug-likeness (QED) is 0.430. The van der Waals surface area contributed by atoms with Gasteiger partial charge >= 0.3 is 12.1 Å². The van der Waals surface area contributed by atoms with Crippen molar-refractivity contribution >= 4 is 29.6 Å². The largest absolute Gasteiger partial charge is 0.486 e. The molecule has 1 fully saturated rings. The van der Waals surface area contributed by atoms with E-state index >= 15 is 0 Å². The maximum absolute atomic E-state index is 13.2. The smallest absolute Gasteiger partial charge is 0.325 e. The van der Waals surface area contributed by atoms with Crippen LogP contribution in [0.1, 0.15) is 12.5 Å². The average Bonchev–Trinajstić information content (AvgIpc) is 3.48. The minimum absolute atomic E-state index is 0.370. The maximum atomic E-state index is 13.2. The molecule has 1 atom stereocenters. The number of urea groups is 2. The molecule has 0 spiro atoms. The number of carbonyl (C=O) groups is 4. The summed E-state index contributed by atoms with van der Waals surface area (Å²) in [6, 6.07) is 9.92. The molecule has 1 saturated heterocycles. The van der Waals surface area contributed by atoms with Crippen LogP contribution in [-0.2, 0) is 15.1 Å². The molecule has 2 aliphatic heterocycles. The van der Waals surface area contributed by atoms with E-state index in [0.29, 0.717) is 41.7 Å². The molecule has 0 bridgehead atoms. The van der Waals surface area contributed by atoms with E-state index in [-0.39, 0.29) is 0 Å². The fourth-order valence-corrected chi connectivity index (χ4v) is 3.87. The second-order valence-corrected chi connectivity index (χ2v) is 8.11. The number of benzene rings is 2. The molecule has 2 aromatic carbocycles. The van der Waals surface area contributed by atoms with Gasteiger partial charge in [-0.3, -0.25) is 19.8 Å². The fraction of sp³-hybridized carbons (Fsp3) is 0.227. The van der Waals surface area contributed by atoms with Crippen LogP contribution in [0, 0.1) is 0 Å². The summed E-state index contributed by atoms with van der Waals surface area (Å²) in [4.78, 5) is 51.3. The molecule has 3 heterocycles. The van der Waals surface area contributed by atoms with Crippen LogP contribution in [0.15, 0.2) is 48.8 Å². The van der Waals surface area contributed by atoms with E-state index in [1.54, 1.807) is 42.5 Å². The molecule has 3 aromatic rings. The van der Waals surface area contributed by atoms with Crippen molar-refractivity contribution in [1.29, 1.82) is 0 Å². The van der Waals surface area contributed by atoms with Gasteiger partial charge in [-0.1, -0.05) is 12.1 Å². The Kier molecular flexibility index (Phi) is 5.68. The van der Waals surface area contributed by atoms with Crippen LogP contribution in [-0.4, -0.2) is 68.7 Å². The number of carbonyl (C=O) groups excluding carboxylic acids is 4. The van der Waals surface area contributed by atoms with Crippen LogP contribution < -0.4 is 25.4 Å². The van der Waals surface area contributed by atoms with Crippen molar-refractivity contribution in [2.75, 3.05) is 25.1 Å². The average molecular weight is 492 g/mol. The topological polar surface area (TPSA) is 170 Å². The van der Waals surface area contributed by atoms with E-state index in [1.807, 2.05) is 0 Å². The number of fused-ring (bicyclic) bond motifs is 1. The Labute approximate surface area is 203 Å². The zero-order valence-corrected chi connectivity index (χ0v) is 18.9. The second-order valence-electron chi connectivity index (χ2n) is 8.11. The molecule has 5 rings (SSSR count). The predicted molar refractivity (Wildman–Crippen MR) is 121 cm³/mol. The van der Waals surface area contributed by atoms with Gasteiger partial charge < -0.3 is 20.1 Å². The first-order valence-corrected chi connectivity index (χ1v) is 10.8. The lowest BCUT2D eigenvalue weighted by atomic mass is 9.91. The van der Waals surface area contributed by atoms with Gasteiger partial charge in [0.2, 0.25) is 5.91 Å². The monoisotopic (exact) mass is 492 g/mol. The number of anilines is 1. The van der Waals surface area contributed by atoms with Crippen LogP contribution in [0.25, 0.3) is 5.69 Å². The first-order chi connectivity index (χ1) is 17.3. The molecule has 0 saturated carbocycles. The molecule has 14 heteroatoms. The highest BCUT2D eigenvalue weighted by atomic mass is 16.6. The Morgan fingerprint density at radius 1 is 1.11 bits per heavy atom. The Bertz CT molecular complexity index is 1360. The van der Waals surface area contributed by atoms with E-state index < -0.39 is 36.0 Å². The van der Waals surface area contributed by atoms with Crippen molar-refractivity contribution in [2.45, 2.75) is 12.5 Å². The Morgan fingerprint density at radius 2 is 1.92 bits per heavy atom. The number of ether oxygens (including phenoxy) is 2. The number of nitrogens with zero attached hydrogens (tertiary/aromatic N) is 5. The molecule has 2 aliphatic rings. The Balaban J connectivity index is 1.23. The third kappa shape index (κ3) is 4.26. The first kappa shape index (κ1) is 22.8. The highest BCUT2D eigenvalue weighted by Gasteiger charge is 2.49. The van der Waals surface area contributed by atoms with Crippen molar-refractivity contribution in [1.82, 2.24) is 35.7 Å². The number of tetrazole rings is 1. The molecule has 3 N–H and O–H groups in total. The zero-order valence-electron chi connectivity index (χ0n) is 18.9. The molecular weight excluding hydrogens is 472 g/mol. The molecule has 184 valence electrons. The highest BCUT2D eigenvalue weighted by Crippen LogP contribution is 2.32. The second kappa shape index (κ2) is 8.98. The van der Waals surface area contributed by atoms with Crippen LogP contribution >= 0.6 is 0 Å². The van der Waals surface area contributed by atoms with Gasteiger partial charge in [0.15, 0.2) is 11.5 Å². The Morgan fingerprint density at radius 3 is 2.69 bits per heavy atom. The summed E-state index contributed by atoms with van der Waals surface area (Å²) >= 11 is 0. The van der Waals surface area contributed by atoms with Crippen LogP contribution in [0.4, 0.5) is 15.3 Å². The number of rotatable bonds is 5. The summed E-state index contributed by atoms with van der Waals surface area (Å²) in [5.74, 6) is -0.481. The van der Waals surface area contributed by atoms with Crippen molar-refractivity contribution in [3.05, 3.63) is 54.4 Å².